The van der Waals surface area contributed by atoms with Crippen LogP contribution < -0.4 is 9.88 Å². The molecule has 1 aromatic heterocycles. The van der Waals surface area contributed by atoms with Gasteiger partial charge in [0.15, 0.2) is 9.84 Å². The Morgan fingerprint density at radius 1 is 1.36 bits per heavy atom. The van der Waals surface area contributed by atoms with Crippen molar-refractivity contribution < 1.29 is 36.3 Å². The highest BCUT2D eigenvalue weighted by Gasteiger charge is 2.43. The van der Waals surface area contributed by atoms with E-state index >= 15 is 0 Å². The highest BCUT2D eigenvalue weighted by Crippen LogP contribution is 2.45. The monoisotopic (exact) mass is 519 g/mol. The van der Waals surface area contributed by atoms with Crippen molar-refractivity contribution in [2.75, 3.05) is 6.54 Å². The molecular formula is C18H21N3O9S3. The van der Waals surface area contributed by atoms with Gasteiger partial charge >= 0.3 is 6.09 Å². The van der Waals surface area contributed by atoms with E-state index in [2.05, 4.69) is 4.84 Å². The average Bonchev–Trinajstić information content (AvgIpc) is 3.18. The Balaban J connectivity index is 1.92. The summed E-state index contributed by atoms with van der Waals surface area (Å²) in [5.41, 5.74) is 0.574. The first kappa shape index (κ1) is 24.9. The second kappa shape index (κ2) is 9.24. The topological polar surface area (TPSA) is 176 Å². The number of sulfone groups is 1. The van der Waals surface area contributed by atoms with Crippen molar-refractivity contribution in [3.05, 3.63) is 51.6 Å². The number of carbonyl (C=O) groups excluding carboxylic acids is 1. The fraction of sp³-hybridized carbons (Fsp3) is 0.389. The van der Waals surface area contributed by atoms with Crippen LogP contribution in [0.3, 0.4) is 0 Å². The van der Waals surface area contributed by atoms with Crippen molar-refractivity contribution in [1.29, 1.82) is 0 Å². The summed E-state index contributed by atoms with van der Waals surface area (Å²) in [4.78, 5) is 29.0. The molecule has 1 aliphatic heterocycles. The van der Waals surface area contributed by atoms with Crippen LogP contribution in [0.1, 0.15) is 37.4 Å². The van der Waals surface area contributed by atoms with Gasteiger partial charge in [-0.25, -0.2) is 26.8 Å². The summed E-state index contributed by atoms with van der Waals surface area (Å²) in [7, 11) is -7.93. The number of primary sulfonamides is 1. The van der Waals surface area contributed by atoms with Gasteiger partial charge in [-0.05, 0) is 44.0 Å². The number of nitrogens with zero attached hydrogens (tertiary/aromatic N) is 2. The van der Waals surface area contributed by atoms with Crippen LogP contribution in [0.4, 0.5) is 4.79 Å². The van der Waals surface area contributed by atoms with Gasteiger partial charge in [0, 0.05) is 12.1 Å². The number of sulfonamides is 1. The number of thiophene rings is 1. The van der Waals surface area contributed by atoms with Crippen LogP contribution in [0.5, 0.6) is 5.75 Å². The van der Waals surface area contributed by atoms with Gasteiger partial charge in [-0.3, -0.25) is 0 Å². The predicted octanol–water partition coefficient (Wildman–Crippen LogP) is 2.23. The molecule has 33 heavy (non-hydrogen) atoms. The van der Waals surface area contributed by atoms with E-state index in [-0.39, 0.29) is 39.3 Å². The number of benzene rings is 1. The average molecular weight is 520 g/mol. The first-order chi connectivity index (χ1) is 15.3. The van der Waals surface area contributed by atoms with Gasteiger partial charge in [-0.2, -0.15) is 0 Å². The maximum Gasteiger partial charge on any atom is 0.415 e. The third kappa shape index (κ3) is 5.26. The van der Waals surface area contributed by atoms with Crippen molar-refractivity contribution in [2.24, 2.45) is 5.14 Å². The molecule has 0 spiro atoms. The number of ether oxygens (including phenoxy) is 1. The minimum absolute atomic E-state index is 0.0375. The Labute approximate surface area is 194 Å². The molecule has 12 nitrogen and oxygen atoms in total. The smallest absolute Gasteiger partial charge is 0.410 e. The molecule has 15 heteroatoms. The van der Waals surface area contributed by atoms with Crippen LogP contribution in [0, 0.1) is 10.1 Å². The Hall–Kier alpha value is -2.75. The Morgan fingerprint density at radius 3 is 2.67 bits per heavy atom. The minimum Gasteiger partial charge on any atom is -0.410 e. The first-order valence-corrected chi connectivity index (χ1v) is 13.5. The molecule has 0 saturated carbocycles. The second-order valence-electron chi connectivity index (χ2n) is 7.26. The summed E-state index contributed by atoms with van der Waals surface area (Å²) in [5, 5.41) is 13.8. The number of hydrogen-bond donors (Lipinski definition) is 1. The standard InChI is InChI=1S/C18H21N3O9S3/c1-3-20(18(22)30-13-6-4-5-12(8-13)10-29-21(23)24)15-7-11(2)32(25,26)17-14(15)9-16(31-17)33(19,27)28/h4-6,8-9,11,15H,3,7,10H2,1-2H3,(H2,19,27,28)/t11?,15-/m0/s1. The van der Waals surface area contributed by atoms with E-state index in [0.29, 0.717) is 16.9 Å². The molecule has 3 rings (SSSR count). The van der Waals surface area contributed by atoms with Crippen LogP contribution in [0.15, 0.2) is 38.8 Å². The van der Waals surface area contributed by atoms with Gasteiger partial charge in [0.1, 0.15) is 20.8 Å². The van der Waals surface area contributed by atoms with Crippen LogP contribution in [0.2, 0.25) is 0 Å². The van der Waals surface area contributed by atoms with Crippen LogP contribution in [-0.2, 0) is 31.3 Å². The summed E-state index contributed by atoms with van der Waals surface area (Å²) >= 11 is 0.561. The van der Waals surface area contributed by atoms with E-state index in [9.17, 15) is 31.7 Å². The quantitative estimate of drug-likeness (QED) is 0.424. The number of fused-ring (bicyclic) bond motifs is 1. The number of amides is 1. The SMILES string of the molecule is CCN(C(=O)Oc1cccc(CO[N+](=O)[O-])c1)[C@H]1CC(C)S(=O)(=O)c2sc(S(N)(=O)=O)cc21. The van der Waals surface area contributed by atoms with Gasteiger partial charge in [0.25, 0.3) is 5.09 Å². The summed E-state index contributed by atoms with van der Waals surface area (Å²) in [6.07, 6.45) is -0.758. The van der Waals surface area contributed by atoms with Gasteiger partial charge in [-0.15, -0.1) is 21.5 Å². The molecule has 1 amide bonds. The number of hydrogen-bond acceptors (Lipinski definition) is 10. The first-order valence-electron chi connectivity index (χ1n) is 9.59. The third-order valence-electron chi connectivity index (χ3n) is 5.08. The summed E-state index contributed by atoms with van der Waals surface area (Å²) in [6, 6.07) is 6.39. The molecule has 2 N–H and O–H groups in total. The summed E-state index contributed by atoms with van der Waals surface area (Å²) in [6.45, 7) is 2.96. The molecule has 0 bridgehead atoms. The number of nitrogens with two attached hydrogens (primary N) is 1. The van der Waals surface area contributed by atoms with Gasteiger partial charge in [-0.1, -0.05) is 12.1 Å². The highest BCUT2D eigenvalue weighted by atomic mass is 32.3. The number of carbonyl (C=O) groups is 1. The van der Waals surface area contributed by atoms with E-state index < -0.39 is 42.3 Å². The van der Waals surface area contributed by atoms with Gasteiger partial charge in [0.05, 0.1) is 11.3 Å². The van der Waals surface area contributed by atoms with E-state index in [0.717, 1.165) is 0 Å². The van der Waals surface area contributed by atoms with Crippen molar-refractivity contribution in [2.45, 2.75) is 46.6 Å². The predicted molar refractivity (Wildman–Crippen MR) is 116 cm³/mol. The van der Waals surface area contributed by atoms with Crippen molar-refractivity contribution in [3.8, 4) is 5.75 Å². The van der Waals surface area contributed by atoms with Crippen molar-refractivity contribution in [3.63, 3.8) is 0 Å². The molecule has 0 aliphatic carbocycles. The third-order valence-corrected chi connectivity index (χ3v) is 10.4. The lowest BCUT2D eigenvalue weighted by Gasteiger charge is -2.35. The molecule has 2 atom stereocenters. The molecule has 180 valence electrons. The maximum atomic E-state index is 13.0. The zero-order chi connectivity index (χ0) is 24.6. The fourth-order valence-corrected chi connectivity index (χ4v) is 7.87. The lowest BCUT2D eigenvalue weighted by Crippen LogP contribution is -2.41. The maximum absolute atomic E-state index is 13.0. The second-order valence-corrected chi connectivity index (χ2v) is 12.7. The van der Waals surface area contributed by atoms with Crippen molar-refractivity contribution in [1.82, 2.24) is 4.90 Å². The van der Waals surface area contributed by atoms with E-state index in [4.69, 9.17) is 9.88 Å². The van der Waals surface area contributed by atoms with Gasteiger partial charge in [0.2, 0.25) is 10.0 Å². The molecule has 1 unspecified atom stereocenters. The molecule has 2 heterocycles. The number of rotatable bonds is 7. The largest absolute Gasteiger partial charge is 0.415 e. The molecule has 1 aromatic carbocycles. The molecule has 0 fully saturated rings. The van der Waals surface area contributed by atoms with Crippen molar-refractivity contribution >= 4 is 37.3 Å². The van der Waals surface area contributed by atoms with Crippen LogP contribution in [0.25, 0.3) is 0 Å². The highest BCUT2D eigenvalue weighted by molar-refractivity contribution is 7.95. The normalized spacial score (nSPS) is 19.4. The fourth-order valence-electron chi connectivity index (χ4n) is 3.47. The lowest BCUT2D eigenvalue weighted by atomic mass is 10.0. The Kier molecular flexibility index (Phi) is 6.97. The molecule has 0 saturated heterocycles. The van der Waals surface area contributed by atoms with Crippen LogP contribution >= 0.6 is 11.3 Å². The Bertz CT molecular complexity index is 1290. The molecule has 2 aromatic rings. The zero-order valence-corrected chi connectivity index (χ0v) is 20.0. The lowest BCUT2D eigenvalue weighted by molar-refractivity contribution is -0.763. The molecule has 1 aliphatic rings. The summed E-state index contributed by atoms with van der Waals surface area (Å²) in [5.74, 6) is 0.107. The minimum atomic E-state index is -4.15. The summed E-state index contributed by atoms with van der Waals surface area (Å²) < 4.78 is 54.2. The molecule has 0 radical (unpaired) electrons. The zero-order valence-electron chi connectivity index (χ0n) is 17.5. The van der Waals surface area contributed by atoms with E-state index in [1.807, 2.05) is 0 Å². The molecular weight excluding hydrogens is 498 g/mol. The Morgan fingerprint density at radius 2 is 2.06 bits per heavy atom. The van der Waals surface area contributed by atoms with E-state index in [1.54, 1.807) is 13.0 Å². The van der Waals surface area contributed by atoms with Crippen LogP contribution in [-0.4, -0.2) is 44.7 Å². The van der Waals surface area contributed by atoms with Gasteiger partial charge < -0.3 is 14.5 Å². The van der Waals surface area contributed by atoms with E-state index in [1.165, 1.54) is 36.1 Å².